The number of halogens is 1. The van der Waals surface area contributed by atoms with Crippen LogP contribution >= 0.6 is 11.6 Å². The number of fused-ring (bicyclic) bond motifs is 1. The van der Waals surface area contributed by atoms with Crippen molar-refractivity contribution < 1.29 is 4.79 Å². The Morgan fingerprint density at radius 3 is 2.63 bits per heavy atom. The first-order chi connectivity index (χ1) is 9.25. The molecule has 0 aliphatic carbocycles. The molecule has 0 fully saturated rings. The van der Waals surface area contributed by atoms with E-state index < -0.39 is 0 Å². The van der Waals surface area contributed by atoms with E-state index in [2.05, 4.69) is 10.2 Å². The minimum Gasteiger partial charge on any atom is -0.338 e. The highest BCUT2D eigenvalue weighted by molar-refractivity contribution is 6.34. The first kappa shape index (κ1) is 12.1. The van der Waals surface area contributed by atoms with Crippen molar-refractivity contribution in [1.82, 2.24) is 0 Å². The van der Waals surface area contributed by atoms with Crippen molar-refractivity contribution in [1.29, 1.82) is 0 Å². The second kappa shape index (κ2) is 4.94. The van der Waals surface area contributed by atoms with E-state index in [-0.39, 0.29) is 5.91 Å². The van der Waals surface area contributed by atoms with Gasteiger partial charge in [-0.2, -0.15) is 0 Å². The molecule has 1 aliphatic heterocycles. The van der Waals surface area contributed by atoms with E-state index in [1.165, 1.54) is 0 Å². The highest BCUT2D eigenvalue weighted by Gasteiger charge is 2.22. The van der Waals surface area contributed by atoms with Gasteiger partial charge >= 0.3 is 0 Å². The largest absolute Gasteiger partial charge is 0.338 e. The van der Waals surface area contributed by atoms with Crippen LogP contribution in [0, 0.1) is 0 Å². The molecule has 0 saturated heterocycles. The highest BCUT2D eigenvalue weighted by atomic mass is 35.5. The fourth-order valence-corrected chi connectivity index (χ4v) is 2.57. The number of hydrogen-bond donors (Lipinski definition) is 1. The number of carbonyl (C=O) groups excluding carboxylic acids is 1. The van der Waals surface area contributed by atoms with E-state index in [9.17, 15) is 4.79 Å². The first-order valence-electron chi connectivity index (χ1n) is 6.16. The summed E-state index contributed by atoms with van der Waals surface area (Å²) in [5, 5.41) is 3.54. The fourth-order valence-electron chi connectivity index (χ4n) is 2.29. The Labute approximate surface area is 116 Å². The summed E-state index contributed by atoms with van der Waals surface area (Å²) < 4.78 is 0. The predicted octanol–water partition coefficient (Wildman–Crippen LogP) is 3.82. The van der Waals surface area contributed by atoms with E-state index >= 15 is 0 Å². The Balaban J connectivity index is 2.14. The van der Waals surface area contributed by atoms with Crippen molar-refractivity contribution in [2.24, 2.45) is 0 Å². The van der Waals surface area contributed by atoms with Gasteiger partial charge in [0.1, 0.15) is 0 Å². The van der Waals surface area contributed by atoms with Crippen LogP contribution in [0.5, 0.6) is 0 Å². The maximum Gasteiger partial charge on any atom is 0.226 e. The molecule has 3 rings (SSSR count). The quantitative estimate of drug-likeness (QED) is 0.856. The number of carbonyl (C=O) groups is 1. The van der Waals surface area contributed by atoms with Gasteiger partial charge in [0.25, 0.3) is 0 Å². The summed E-state index contributed by atoms with van der Waals surface area (Å²) in [6, 6.07) is 15.5. The Hall–Kier alpha value is -2.00. The van der Waals surface area contributed by atoms with Crippen LogP contribution in [0.3, 0.4) is 0 Å². The maximum atomic E-state index is 11.8. The lowest BCUT2D eigenvalue weighted by Crippen LogP contribution is -2.19. The van der Waals surface area contributed by atoms with Gasteiger partial charge in [0.15, 0.2) is 0 Å². The van der Waals surface area contributed by atoms with Crippen LogP contribution in [-0.2, 0) is 4.79 Å². The lowest BCUT2D eigenvalue weighted by atomic mass is 10.2. The van der Waals surface area contributed by atoms with Crippen LogP contribution in [0.2, 0.25) is 5.02 Å². The summed E-state index contributed by atoms with van der Waals surface area (Å²) in [4.78, 5) is 13.8. The smallest absolute Gasteiger partial charge is 0.226 e. The number of anilines is 3. The van der Waals surface area contributed by atoms with Gasteiger partial charge < -0.3 is 10.2 Å². The molecule has 0 unspecified atom stereocenters. The molecule has 0 bridgehead atoms. The van der Waals surface area contributed by atoms with E-state index in [1.807, 2.05) is 48.5 Å². The topological polar surface area (TPSA) is 32.3 Å². The zero-order valence-electron chi connectivity index (χ0n) is 10.3. The Morgan fingerprint density at radius 1 is 1.05 bits per heavy atom. The van der Waals surface area contributed by atoms with Crippen molar-refractivity contribution >= 4 is 34.6 Å². The number of para-hydroxylation sites is 2. The minimum absolute atomic E-state index is 0.0157. The van der Waals surface area contributed by atoms with Crippen molar-refractivity contribution in [2.45, 2.75) is 6.42 Å². The molecule has 0 atom stereocenters. The van der Waals surface area contributed by atoms with E-state index in [0.717, 1.165) is 17.1 Å². The summed E-state index contributed by atoms with van der Waals surface area (Å²) in [6.45, 7) is 0.618. The van der Waals surface area contributed by atoms with Gasteiger partial charge in [-0.15, -0.1) is 0 Å². The Morgan fingerprint density at radius 2 is 1.84 bits per heavy atom. The van der Waals surface area contributed by atoms with E-state index in [0.29, 0.717) is 18.0 Å². The summed E-state index contributed by atoms with van der Waals surface area (Å²) >= 11 is 6.31. The summed E-state index contributed by atoms with van der Waals surface area (Å²) in [5.74, 6) is 0.0157. The van der Waals surface area contributed by atoms with Crippen molar-refractivity contribution in [2.75, 3.05) is 16.8 Å². The number of hydrogen-bond acceptors (Lipinski definition) is 2. The molecule has 0 spiro atoms. The third kappa shape index (κ3) is 2.29. The molecule has 2 aromatic carbocycles. The molecule has 3 nitrogen and oxygen atoms in total. The molecular formula is C15H13ClN2O. The van der Waals surface area contributed by atoms with Crippen LogP contribution in [0.25, 0.3) is 0 Å². The van der Waals surface area contributed by atoms with Crippen molar-refractivity contribution in [3.63, 3.8) is 0 Å². The first-order valence-corrected chi connectivity index (χ1v) is 6.54. The summed E-state index contributed by atoms with van der Waals surface area (Å²) in [5.41, 5.74) is 2.66. The normalized spacial score (nSPS) is 14.6. The molecule has 1 N–H and O–H groups in total. The minimum atomic E-state index is 0.0157. The molecule has 0 aromatic heterocycles. The standard InChI is InChI=1S/C15H13ClN2O/c16-12-7-4-8-13-15(12)18(10-9-14(19)17-13)11-5-2-1-3-6-11/h1-8H,9-10H2,(H,17,19). The number of amides is 1. The van der Waals surface area contributed by atoms with Crippen LogP contribution in [-0.4, -0.2) is 12.5 Å². The number of benzene rings is 2. The van der Waals surface area contributed by atoms with Crippen LogP contribution in [0.1, 0.15) is 6.42 Å². The molecule has 96 valence electrons. The molecule has 0 radical (unpaired) electrons. The van der Waals surface area contributed by atoms with E-state index in [4.69, 9.17) is 11.6 Å². The SMILES string of the molecule is O=C1CCN(c2ccccc2)c2c(Cl)cccc2N1. The lowest BCUT2D eigenvalue weighted by Gasteiger charge is -2.25. The third-order valence-corrected chi connectivity index (χ3v) is 3.47. The summed E-state index contributed by atoms with van der Waals surface area (Å²) in [6.07, 6.45) is 0.444. The van der Waals surface area contributed by atoms with Gasteiger partial charge in [0.05, 0.1) is 16.4 Å². The van der Waals surface area contributed by atoms with Gasteiger partial charge in [0, 0.05) is 18.7 Å². The second-order valence-electron chi connectivity index (χ2n) is 4.42. The van der Waals surface area contributed by atoms with Gasteiger partial charge in [-0.25, -0.2) is 0 Å². The molecule has 1 amide bonds. The molecule has 0 saturated carbocycles. The van der Waals surface area contributed by atoms with Crippen LogP contribution in [0.4, 0.5) is 17.1 Å². The molecule has 1 heterocycles. The van der Waals surface area contributed by atoms with Crippen LogP contribution in [0.15, 0.2) is 48.5 Å². The fraction of sp³-hybridized carbons (Fsp3) is 0.133. The van der Waals surface area contributed by atoms with Crippen LogP contribution < -0.4 is 10.2 Å². The maximum absolute atomic E-state index is 11.8. The Kier molecular flexibility index (Phi) is 3.13. The zero-order valence-corrected chi connectivity index (χ0v) is 11.0. The molecule has 19 heavy (non-hydrogen) atoms. The Bertz CT molecular complexity index is 613. The average molecular weight is 273 g/mol. The van der Waals surface area contributed by atoms with Crippen molar-refractivity contribution in [3.8, 4) is 0 Å². The molecule has 4 heteroatoms. The lowest BCUT2D eigenvalue weighted by molar-refractivity contribution is -0.115. The van der Waals surface area contributed by atoms with Gasteiger partial charge in [-0.1, -0.05) is 35.9 Å². The van der Waals surface area contributed by atoms with Gasteiger partial charge in [-0.05, 0) is 24.3 Å². The van der Waals surface area contributed by atoms with E-state index in [1.54, 1.807) is 0 Å². The average Bonchev–Trinajstić information content (AvgIpc) is 2.59. The molecule has 2 aromatic rings. The molecule has 1 aliphatic rings. The number of nitrogens with one attached hydrogen (secondary N) is 1. The van der Waals surface area contributed by atoms with Gasteiger partial charge in [-0.3, -0.25) is 4.79 Å². The number of nitrogens with zero attached hydrogens (tertiary/aromatic N) is 1. The molecular weight excluding hydrogens is 260 g/mol. The highest BCUT2D eigenvalue weighted by Crippen LogP contribution is 2.39. The van der Waals surface area contributed by atoms with Crippen molar-refractivity contribution in [3.05, 3.63) is 53.6 Å². The van der Waals surface area contributed by atoms with Gasteiger partial charge in [0.2, 0.25) is 5.91 Å². The predicted molar refractivity (Wildman–Crippen MR) is 78.1 cm³/mol. The third-order valence-electron chi connectivity index (χ3n) is 3.16. The zero-order chi connectivity index (χ0) is 13.2. The second-order valence-corrected chi connectivity index (χ2v) is 4.83. The summed E-state index contributed by atoms with van der Waals surface area (Å²) in [7, 11) is 0. The monoisotopic (exact) mass is 272 g/mol. The number of rotatable bonds is 1.